The van der Waals surface area contributed by atoms with Crippen molar-refractivity contribution in [1.29, 1.82) is 0 Å². The molecule has 2 saturated heterocycles. The van der Waals surface area contributed by atoms with Crippen LogP contribution >= 0.6 is 0 Å². The Bertz CT molecular complexity index is 811. The van der Waals surface area contributed by atoms with Crippen molar-refractivity contribution in [3.63, 3.8) is 0 Å². The van der Waals surface area contributed by atoms with Crippen molar-refractivity contribution in [2.45, 2.75) is 57.0 Å². The van der Waals surface area contributed by atoms with Crippen LogP contribution in [-0.4, -0.2) is 62.0 Å². The number of imidazole rings is 1. The molecule has 1 atom stereocenters. The fourth-order valence-electron chi connectivity index (χ4n) is 4.38. The van der Waals surface area contributed by atoms with Gasteiger partial charge in [-0.1, -0.05) is 12.1 Å². The number of aliphatic hydroxyl groups excluding tert-OH is 2. The van der Waals surface area contributed by atoms with Gasteiger partial charge in [0.2, 0.25) is 5.91 Å². The highest BCUT2D eigenvalue weighted by atomic mass is 16.5. The lowest BCUT2D eigenvalue weighted by Crippen LogP contribution is -2.56. The van der Waals surface area contributed by atoms with E-state index in [1.54, 1.807) is 0 Å². The molecule has 4 rings (SSSR count). The van der Waals surface area contributed by atoms with E-state index in [0.717, 1.165) is 23.9 Å². The second-order valence-corrected chi connectivity index (χ2v) is 7.53. The van der Waals surface area contributed by atoms with Gasteiger partial charge in [-0.25, -0.2) is 4.98 Å². The lowest BCUT2D eigenvalue weighted by Gasteiger charge is -2.46. The van der Waals surface area contributed by atoms with Gasteiger partial charge in [-0.05, 0) is 37.8 Å². The molecule has 0 radical (unpaired) electrons. The molecule has 0 bridgehead atoms. The number of nitrogens with zero attached hydrogens (tertiary/aromatic N) is 3. The summed E-state index contributed by atoms with van der Waals surface area (Å²) in [6.07, 6.45) is 3.01. The first kappa shape index (κ1) is 18.4. The minimum atomic E-state index is -0.459. The Morgan fingerprint density at radius 3 is 2.81 bits per heavy atom. The van der Waals surface area contributed by atoms with E-state index in [4.69, 9.17) is 4.74 Å². The quantitative estimate of drug-likeness (QED) is 0.847. The summed E-state index contributed by atoms with van der Waals surface area (Å²) >= 11 is 0. The van der Waals surface area contributed by atoms with E-state index >= 15 is 0 Å². The summed E-state index contributed by atoms with van der Waals surface area (Å²) in [5.41, 5.74) is 1.31. The van der Waals surface area contributed by atoms with Crippen LogP contribution in [0.4, 0.5) is 0 Å². The van der Waals surface area contributed by atoms with E-state index in [-0.39, 0.29) is 12.5 Å². The predicted molar refractivity (Wildman–Crippen MR) is 100 cm³/mol. The summed E-state index contributed by atoms with van der Waals surface area (Å²) in [6.45, 7) is 2.28. The van der Waals surface area contributed by atoms with Gasteiger partial charge in [0.25, 0.3) is 0 Å². The minimum Gasteiger partial charge on any atom is -0.390 e. The van der Waals surface area contributed by atoms with E-state index in [1.807, 2.05) is 33.7 Å². The van der Waals surface area contributed by atoms with Gasteiger partial charge in [0, 0.05) is 32.7 Å². The lowest BCUT2D eigenvalue weighted by atomic mass is 9.82. The number of para-hydroxylation sites is 2. The summed E-state index contributed by atoms with van der Waals surface area (Å²) in [6, 6.07) is 7.71. The number of aryl methyl sites for hydroxylation is 1. The standard InChI is InChI=1S/C20H27N3O4/c24-14-18-21-15-4-1-2-5-16(15)23(18)10-7-19(26)22-11-8-20(9-12-22)17(25)6-3-13-27-20/h1-2,4-5,17,24-25H,3,6-14H2/t17-/m0/s1. The third kappa shape index (κ3) is 3.47. The molecule has 0 aliphatic carbocycles. The summed E-state index contributed by atoms with van der Waals surface area (Å²) < 4.78 is 7.84. The van der Waals surface area contributed by atoms with E-state index in [0.29, 0.717) is 51.3 Å². The second-order valence-electron chi connectivity index (χ2n) is 7.53. The van der Waals surface area contributed by atoms with Gasteiger partial charge in [-0.2, -0.15) is 0 Å². The van der Waals surface area contributed by atoms with Crippen LogP contribution in [0.25, 0.3) is 11.0 Å². The Labute approximate surface area is 158 Å². The van der Waals surface area contributed by atoms with Crippen LogP contribution in [0.2, 0.25) is 0 Å². The Morgan fingerprint density at radius 2 is 2.07 bits per heavy atom. The molecule has 146 valence electrons. The number of benzene rings is 1. The fourth-order valence-corrected chi connectivity index (χ4v) is 4.38. The van der Waals surface area contributed by atoms with Crippen molar-refractivity contribution in [1.82, 2.24) is 14.5 Å². The number of piperidine rings is 1. The lowest BCUT2D eigenvalue weighted by molar-refractivity contribution is -0.179. The molecule has 7 heteroatoms. The summed E-state index contributed by atoms with van der Waals surface area (Å²) in [5.74, 6) is 0.678. The van der Waals surface area contributed by atoms with Crippen LogP contribution in [0.1, 0.15) is 37.9 Å². The molecule has 0 saturated carbocycles. The molecule has 2 N–H and O–H groups in total. The number of ether oxygens (including phenoxy) is 1. The second kappa shape index (κ2) is 7.58. The molecule has 2 aromatic rings. The van der Waals surface area contributed by atoms with Gasteiger partial charge in [0.15, 0.2) is 0 Å². The molecular weight excluding hydrogens is 346 g/mol. The van der Waals surface area contributed by atoms with Gasteiger partial charge in [0.1, 0.15) is 12.4 Å². The summed E-state index contributed by atoms with van der Waals surface area (Å²) in [7, 11) is 0. The molecule has 27 heavy (non-hydrogen) atoms. The molecule has 1 aromatic carbocycles. The largest absolute Gasteiger partial charge is 0.390 e. The van der Waals surface area contributed by atoms with Crippen LogP contribution < -0.4 is 0 Å². The van der Waals surface area contributed by atoms with Crippen molar-refractivity contribution in [3.05, 3.63) is 30.1 Å². The highest BCUT2D eigenvalue weighted by molar-refractivity contribution is 5.78. The van der Waals surface area contributed by atoms with Crippen molar-refractivity contribution in [3.8, 4) is 0 Å². The van der Waals surface area contributed by atoms with E-state index in [9.17, 15) is 15.0 Å². The maximum atomic E-state index is 12.7. The van der Waals surface area contributed by atoms with Crippen LogP contribution in [0, 0.1) is 0 Å². The molecule has 0 unspecified atom stereocenters. The van der Waals surface area contributed by atoms with Gasteiger partial charge < -0.3 is 24.4 Å². The Balaban J connectivity index is 1.38. The molecule has 3 heterocycles. The van der Waals surface area contributed by atoms with Gasteiger partial charge in [-0.3, -0.25) is 4.79 Å². The van der Waals surface area contributed by atoms with E-state index < -0.39 is 11.7 Å². The van der Waals surface area contributed by atoms with Gasteiger partial charge >= 0.3 is 0 Å². The monoisotopic (exact) mass is 373 g/mol. The zero-order valence-electron chi connectivity index (χ0n) is 15.5. The highest BCUT2D eigenvalue weighted by Gasteiger charge is 2.44. The molecule has 1 amide bonds. The number of carbonyl (C=O) groups is 1. The number of hydrogen-bond donors (Lipinski definition) is 2. The SMILES string of the molecule is O=C(CCn1c(CO)nc2ccccc21)N1CCC2(CC1)OCCC[C@@H]2O. The molecule has 2 fully saturated rings. The number of carbonyl (C=O) groups excluding carboxylic acids is 1. The number of aliphatic hydroxyl groups is 2. The number of hydrogen-bond acceptors (Lipinski definition) is 5. The first-order valence-corrected chi connectivity index (χ1v) is 9.78. The zero-order valence-corrected chi connectivity index (χ0v) is 15.5. The number of amides is 1. The highest BCUT2D eigenvalue weighted by Crippen LogP contribution is 2.35. The van der Waals surface area contributed by atoms with Crippen molar-refractivity contribution in [2.75, 3.05) is 19.7 Å². The minimum absolute atomic E-state index is 0.0943. The first-order chi connectivity index (χ1) is 13.1. The van der Waals surface area contributed by atoms with Crippen LogP contribution in [0.5, 0.6) is 0 Å². The number of rotatable bonds is 4. The average Bonchev–Trinajstić information content (AvgIpc) is 3.07. The fraction of sp³-hybridized carbons (Fsp3) is 0.600. The molecule has 2 aliphatic heterocycles. The van der Waals surface area contributed by atoms with Crippen LogP contribution in [0.3, 0.4) is 0 Å². The molecular formula is C20H27N3O4. The molecule has 2 aliphatic rings. The van der Waals surface area contributed by atoms with Crippen molar-refractivity contribution >= 4 is 16.9 Å². The van der Waals surface area contributed by atoms with Crippen molar-refractivity contribution in [2.24, 2.45) is 0 Å². The van der Waals surface area contributed by atoms with E-state index in [2.05, 4.69) is 4.98 Å². The molecule has 1 spiro atoms. The third-order valence-electron chi connectivity index (χ3n) is 6.01. The first-order valence-electron chi connectivity index (χ1n) is 9.78. The zero-order chi connectivity index (χ0) is 18.9. The number of likely N-dealkylation sites (tertiary alicyclic amines) is 1. The molecule has 7 nitrogen and oxygen atoms in total. The topological polar surface area (TPSA) is 87.8 Å². The third-order valence-corrected chi connectivity index (χ3v) is 6.01. The van der Waals surface area contributed by atoms with Crippen LogP contribution in [-0.2, 0) is 22.7 Å². The molecule has 1 aromatic heterocycles. The number of aromatic nitrogens is 2. The number of fused-ring (bicyclic) bond motifs is 1. The van der Waals surface area contributed by atoms with Crippen molar-refractivity contribution < 1.29 is 19.7 Å². The summed E-state index contributed by atoms with van der Waals surface area (Å²) in [5, 5.41) is 19.9. The van der Waals surface area contributed by atoms with E-state index in [1.165, 1.54) is 0 Å². The normalized spacial score (nSPS) is 22.4. The maximum absolute atomic E-state index is 12.7. The van der Waals surface area contributed by atoms with Gasteiger partial charge in [0.05, 0.1) is 22.7 Å². The smallest absolute Gasteiger partial charge is 0.224 e. The Kier molecular flexibility index (Phi) is 5.16. The summed E-state index contributed by atoms with van der Waals surface area (Å²) in [4.78, 5) is 19.0. The maximum Gasteiger partial charge on any atom is 0.224 e. The van der Waals surface area contributed by atoms with Crippen LogP contribution in [0.15, 0.2) is 24.3 Å². The predicted octanol–water partition coefficient (Wildman–Crippen LogP) is 1.45. The average molecular weight is 373 g/mol. The van der Waals surface area contributed by atoms with Gasteiger partial charge in [-0.15, -0.1) is 0 Å². The Morgan fingerprint density at radius 1 is 1.30 bits per heavy atom. The Hall–Kier alpha value is -1.96.